The van der Waals surface area contributed by atoms with Crippen molar-refractivity contribution in [2.24, 2.45) is 0 Å². The lowest BCUT2D eigenvalue weighted by Gasteiger charge is -2.26. The molecule has 0 heterocycles. The van der Waals surface area contributed by atoms with Crippen LogP contribution < -0.4 is 10.6 Å². The Hall–Kier alpha value is -1.73. The van der Waals surface area contributed by atoms with Gasteiger partial charge in [0.25, 0.3) is 0 Å². The van der Waals surface area contributed by atoms with E-state index in [-0.39, 0.29) is 11.6 Å². The maximum atomic E-state index is 13.2. The summed E-state index contributed by atoms with van der Waals surface area (Å²) in [5, 5.41) is 15.5. The molecule has 3 atom stereocenters. The zero-order valence-electron chi connectivity index (χ0n) is 14.2. The van der Waals surface area contributed by atoms with Crippen molar-refractivity contribution in [2.45, 2.75) is 50.9 Å². The molecule has 3 unspecified atom stereocenters. The third-order valence-electron chi connectivity index (χ3n) is 4.49. The van der Waals surface area contributed by atoms with E-state index in [0.717, 1.165) is 12.1 Å². The molecule has 1 fully saturated rings. The Morgan fingerprint density at radius 2 is 2.00 bits per heavy atom. The van der Waals surface area contributed by atoms with Crippen molar-refractivity contribution in [2.75, 3.05) is 13.6 Å². The normalized spacial score (nSPS) is 18.1. The molecule has 3 N–H and O–H groups in total. The van der Waals surface area contributed by atoms with Crippen molar-refractivity contribution in [3.05, 3.63) is 35.4 Å². The first-order chi connectivity index (χ1) is 11.3. The number of hydrogen-bond donors (Lipinski definition) is 3. The Bertz CT molecular complexity index is 581. The quantitative estimate of drug-likeness (QED) is 0.712. The molecular formula is C17H25F2N3O2. The Morgan fingerprint density at radius 3 is 2.58 bits per heavy atom. The number of hydrogen-bond acceptors (Lipinski definition) is 3. The van der Waals surface area contributed by atoms with Crippen molar-refractivity contribution < 1.29 is 18.7 Å². The second-order valence-electron chi connectivity index (χ2n) is 6.51. The van der Waals surface area contributed by atoms with Crippen molar-refractivity contribution in [1.82, 2.24) is 15.5 Å². The van der Waals surface area contributed by atoms with Crippen LogP contribution in [0.25, 0.3) is 0 Å². The lowest BCUT2D eigenvalue weighted by molar-refractivity contribution is 0.136. The van der Waals surface area contributed by atoms with Crippen molar-refractivity contribution in [3.8, 4) is 0 Å². The van der Waals surface area contributed by atoms with E-state index in [9.17, 15) is 18.7 Å². The number of aliphatic hydroxyl groups is 1. The summed E-state index contributed by atoms with van der Waals surface area (Å²) in [5.74, 6) is -2.00. The van der Waals surface area contributed by atoms with Crippen LogP contribution >= 0.6 is 0 Å². The first-order valence-electron chi connectivity index (χ1n) is 8.19. The van der Waals surface area contributed by atoms with Gasteiger partial charge in [0.05, 0.1) is 12.1 Å². The molecule has 134 valence electrons. The van der Waals surface area contributed by atoms with Gasteiger partial charge in [0.15, 0.2) is 11.6 Å². The standard InChI is InChI=1S/C17H25F2N3O2/c1-10(22(3)13-5-6-13)9-20-17(24)21-11(2)16(23)12-4-7-14(18)15(19)8-12/h4,7-8,10-11,13,16,23H,5-6,9H2,1-3H3,(H2,20,21,24). The largest absolute Gasteiger partial charge is 0.386 e. The molecule has 1 aromatic rings. The number of amides is 2. The van der Waals surface area contributed by atoms with Gasteiger partial charge in [0.2, 0.25) is 0 Å². The molecule has 0 saturated heterocycles. The number of nitrogens with one attached hydrogen (secondary N) is 2. The molecule has 1 aromatic carbocycles. The highest BCUT2D eigenvalue weighted by Crippen LogP contribution is 2.26. The minimum Gasteiger partial charge on any atom is -0.386 e. The lowest BCUT2D eigenvalue weighted by Crippen LogP contribution is -2.47. The van der Waals surface area contributed by atoms with E-state index >= 15 is 0 Å². The molecular weight excluding hydrogens is 316 g/mol. The number of rotatable bonds is 7. The molecule has 2 amide bonds. The van der Waals surface area contributed by atoms with Crippen LogP contribution in [0.1, 0.15) is 38.4 Å². The molecule has 0 radical (unpaired) electrons. The van der Waals surface area contributed by atoms with Crippen LogP contribution in [0.5, 0.6) is 0 Å². The van der Waals surface area contributed by atoms with Gasteiger partial charge in [-0.2, -0.15) is 0 Å². The Labute approximate surface area is 141 Å². The smallest absolute Gasteiger partial charge is 0.315 e. The Kier molecular flexibility index (Phi) is 6.12. The fraction of sp³-hybridized carbons (Fsp3) is 0.588. The van der Waals surface area contributed by atoms with Gasteiger partial charge < -0.3 is 15.7 Å². The number of aliphatic hydroxyl groups excluding tert-OH is 1. The predicted octanol–water partition coefficient (Wildman–Crippen LogP) is 2.17. The molecule has 1 aliphatic carbocycles. The highest BCUT2D eigenvalue weighted by atomic mass is 19.2. The third kappa shape index (κ3) is 4.88. The molecule has 2 rings (SSSR count). The average molecular weight is 341 g/mol. The molecule has 0 aromatic heterocycles. The summed E-state index contributed by atoms with van der Waals surface area (Å²) in [7, 11) is 2.04. The fourth-order valence-corrected chi connectivity index (χ4v) is 2.55. The number of urea groups is 1. The van der Waals surface area contributed by atoms with Crippen molar-refractivity contribution in [3.63, 3.8) is 0 Å². The summed E-state index contributed by atoms with van der Waals surface area (Å²) >= 11 is 0. The van der Waals surface area contributed by atoms with E-state index < -0.39 is 29.8 Å². The first kappa shape index (κ1) is 18.6. The minimum atomic E-state index is -1.13. The van der Waals surface area contributed by atoms with E-state index in [1.54, 1.807) is 6.92 Å². The van der Waals surface area contributed by atoms with Crippen LogP contribution in [0, 0.1) is 11.6 Å². The van der Waals surface area contributed by atoms with E-state index in [1.165, 1.54) is 18.9 Å². The number of halogens is 2. The van der Waals surface area contributed by atoms with E-state index in [0.29, 0.717) is 12.6 Å². The molecule has 5 nitrogen and oxygen atoms in total. The molecule has 7 heteroatoms. The summed E-state index contributed by atoms with van der Waals surface area (Å²) < 4.78 is 26.2. The summed E-state index contributed by atoms with van der Waals surface area (Å²) in [6.45, 7) is 4.14. The number of likely N-dealkylation sites (N-methyl/N-ethyl adjacent to an activating group) is 1. The molecule has 0 bridgehead atoms. The van der Waals surface area contributed by atoms with Crippen LogP contribution in [-0.2, 0) is 0 Å². The van der Waals surface area contributed by atoms with E-state index in [2.05, 4.69) is 15.5 Å². The van der Waals surface area contributed by atoms with Gasteiger partial charge >= 0.3 is 6.03 Å². The predicted molar refractivity (Wildman–Crippen MR) is 87.6 cm³/mol. The summed E-state index contributed by atoms with van der Waals surface area (Å²) in [6.07, 6.45) is 1.27. The molecule has 1 saturated carbocycles. The lowest BCUT2D eigenvalue weighted by atomic mass is 10.0. The number of carbonyl (C=O) groups is 1. The maximum Gasteiger partial charge on any atom is 0.315 e. The highest BCUT2D eigenvalue weighted by molar-refractivity contribution is 5.74. The molecule has 0 aliphatic heterocycles. The first-order valence-corrected chi connectivity index (χ1v) is 8.19. The SMILES string of the molecule is CC(NC(=O)NCC(C)N(C)C1CC1)C(O)c1ccc(F)c(F)c1. The number of benzene rings is 1. The number of nitrogens with zero attached hydrogens (tertiary/aromatic N) is 1. The minimum absolute atomic E-state index is 0.212. The monoisotopic (exact) mass is 341 g/mol. The van der Waals surface area contributed by atoms with Gasteiger partial charge in [-0.3, -0.25) is 4.90 Å². The van der Waals surface area contributed by atoms with Crippen LogP contribution in [0.2, 0.25) is 0 Å². The Morgan fingerprint density at radius 1 is 1.33 bits per heavy atom. The second-order valence-corrected chi connectivity index (χ2v) is 6.51. The van der Waals surface area contributed by atoms with Crippen LogP contribution in [0.3, 0.4) is 0 Å². The highest BCUT2D eigenvalue weighted by Gasteiger charge is 2.29. The topological polar surface area (TPSA) is 64.6 Å². The maximum absolute atomic E-state index is 13.2. The zero-order chi connectivity index (χ0) is 17.9. The molecule has 1 aliphatic rings. The van der Waals surface area contributed by atoms with E-state index in [4.69, 9.17) is 0 Å². The fourth-order valence-electron chi connectivity index (χ4n) is 2.55. The number of carbonyl (C=O) groups excluding carboxylic acids is 1. The van der Waals surface area contributed by atoms with Crippen molar-refractivity contribution in [1.29, 1.82) is 0 Å². The van der Waals surface area contributed by atoms with Crippen LogP contribution in [0.4, 0.5) is 13.6 Å². The van der Waals surface area contributed by atoms with Gasteiger partial charge in [-0.05, 0) is 51.4 Å². The van der Waals surface area contributed by atoms with Gasteiger partial charge in [-0.15, -0.1) is 0 Å². The second kappa shape index (κ2) is 7.90. The third-order valence-corrected chi connectivity index (χ3v) is 4.49. The summed E-state index contributed by atoms with van der Waals surface area (Å²) in [6, 6.07) is 2.96. The Balaban J connectivity index is 1.80. The van der Waals surface area contributed by atoms with Crippen LogP contribution in [-0.4, -0.2) is 47.8 Å². The summed E-state index contributed by atoms with van der Waals surface area (Å²) in [4.78, 5) is 14.2. The van der Waals surface area contributed by atoms with Gasteiger partial charge in [0, 0.05) is 18.6 Å². The van der Waals surface area contributed by atoms with E-state index in [1.807, 2.05) is 14.0 Å². The van der Waals surface area contributed by atoms with Crippen LogP contribution in [0.15, 0.2) is 18.2 Å². The molecule has 0 spiro atoms. The molecule has 24 heavy (non-hydrogen) atoms. The van der Waals surface area contributed by atoms with Gasteiger partial charge in [0.1, 0.15) is 0 Å². The van der Waals surface area contributed by atoms with Gasteiger partial charge in [-0.25, -0.2) is 13.6 Å². The zero-order valence-corrected chi connectivity index (χ0v) is 14.2. The average Bonchev–Trinajstić information content (AvgIpc) is 3.38. The summed E-state index contributed by atoms with van der Waals surface area (Å²) in [5.41, 5.74) is 0.212. The van der Waals surface area contributed by atoms with Gasteiger partial charge in [-0.1, -0.05) is 6.07 Å². The van der Waals surface area contributed by atoms with Crippen molar-refractivity contribution >= 4 is 6.03 Å².